The van der Waals surface area contributed by atoms with Gasteiger partial charge in [-0.2, -0.15) is 0 Å². The molecule has 0 amide bonds. The van der Waals surface area contributed by atoms with Gasteiger partial charge >= 0.3 is 0 Å². The van der Waals surface area contributed by atoms with E-state index in [0.29, 0.717) is 43.1 Å². The zero-order chi connectivity index (χ0) is 21.7. The highest BCUT2D eigenvalue weighted by Crippen LogP contribution is 2.35. The van der Waals surface area contributed by atoms with Crippen molar-refractivity contribution in [3.8, 4) is 23.0 Å². The van der Waals surface area contributed by atoms with Crippen molar-refractivity contribution < 1.29 is 33.7 Å². The molecule has 0 aliphatic carbocycles. The minimum atomic E-state index is -0.822. The average molecular weight is 419 g/mol. The molecule has 0 spiro atoms. The largest absolute Gasteiger partial charge is 0.507 e. The van der Waals surface area contributed by atoms with E-state index in [9.17, 15) is 20.0 Å². The van der Waals surface area contributed by atoms with E-state index < -0.39 is 10.5 Å². The molecule has 0 aliphatic heterocycles. The number of methoxy groups -OCH3 is 2. The maximum Gasteiger partial charge on any atom is 0.294 e. The van der Waals surface area contributed by atoms with Crippen LogP contribution in [0.5, 0.6) is 23.0 Å². The van der Waals surface area contributed by atoms with Crippen molar-refractivity contribution in [2.75, 3.05) is 27.4 Å². The Morgan fingerprint density at radius 3 is 2.40 bits per heavy atom. The third-order valence-corrected chi connectivity index (χ3v) is 4.49. The van der Waals surface area contributed by atoms with Gasteiger partial charge in [0.2, 0.25) is 5.43 Å². The van der Waals surface area contributed by atoms with Gasteiger partial charge in [0.15, 0.2) is 11.5 Å². The third-order valence-electron chi connectivity index (χ3n) is 4.49. The summed E-state index contributed by atoms with van der Waals surface area (Å²) >= 11 is 0. The van der Waals surface area contributed by atoms with Crippen LogP contribution in [0, 0.1) is 10.1 Å². The highest BCUT2D eigenvalue weighted by Gasteiger charge is 2.16. The van der Waals surface area contributed by atoms with Crippen LogP contribution in [0.15, 0.2) is 33.5 Å². The smallest absolute Gasteiger partial charge is 0.294 e. The molecular weight excluding hydrogens is 398 g/mol. The molecule has 3 rings (SSSR count). The van der Waals surface area contributed by atoms with Crippen molar-refractivity contribution in [1.29, 1.82) is 0 Å². The lowest BCUT2D eigenvalue weighted by Crippen LogP contribution is -2.05. The van der Waals surface area contributed by atoms with Gasteiger partial charge in [-0.25, -0.2) is 0 Å². The SMILES string of the molecule is COc1cc2oc3cc(OCCCCCO[N+](=O)[O-])cc(O)c3c(=O)c2cc1OC. The fourth-order valence-corrected chi connectivity index (χ4v) is 3.05. The lowest BCUT2D eigenvalue weighted by molar-refractivity contribution is -0.757. The number of hydrogen-bond acceptors (Lipinski definition) is 9. The molecule has 0 bridgehead atoms. The lowest BCUT2D eigenvalue weighted by atomic mass is 10.1. The molecule has 0 saturated carbocycles. The molecule has 2 aromatic carbocycles. The topological polar surface area (TPSA) is 130 Å². The summed E-state index contributed by atoms with van der Waals surface area (Å²) in [5.41, 5.74) is 0.0589. The first-order valence-electron chi connectivity index (χ1n) is 9.20. The summed E-state index contributed by atoms with van der Waals surface area (Å²) in [6, 6.07) is 5.93. The highest BCUT2D eigenvalue weighted by atomic mass is 16.9. The number of phenols is 1. The van der Waals surface area contributed by atoms with Crippen LogP contribution in [-0.4, -0.2) is 37.6 Å². The summed E-state index contributed by atoms with van der Waals surface area (Å²) in [5, 5.41) is 19.9. The minimum Gasteiger partial charge on any atom is -0.507 e. The summed E-state index contributed by atoms with van der Waals surface area (Å²) in [7, 11) is 2.94. The Bertz CT molecular complexity index is 1120. The number of ether oxygens (including phenoxy) is 3. The molecule has 0 saturated heterocycles. The molecule has 0 fully saturated rings. The predicted octanol–water partition coefficient (Wildman–Crippen LogP) is 3.43. The van der Waals surface area contributed by atoms with Gasteiger partial charge in [0.1, 0.15) is 28.1 Å². The normalized spacial score (nSPS) is 10.9. The fraction of sp³-hybridized carbons (Fsp3) is 0.350. The molecule has 1 N–H and O–H groups in total. The zero-order valence-electron chi connectivity index (χ0n) is 16.5. The number of unbranched alkanes of at least 4 members (excludes halogenated alkanes) is 2. The van der Waals surface area contributed by atoms with Crippen LogP contribution in [0.4, 0.5) is 0 Å². The summed E-state index contributed by atoms with van der Waals surface area (Å²) in [6.45, 7) is 0.364. The first-order valence-corrected chi connectivity index (χ1v) is 9.20. The van der Waals surface area contributed by atoms with Gasteiger partial charge in [0.05, 0.1) is 32.8 Å². The Morgan fingerprint density at radius 2 is 1.70 bits per heavy atom. The second-order valence-corrected chi connectivity index (χ2v) is 6.42. The third kappa shape index (κ3) is 4.48. The fourth-order valence-electron chi connectivity index (χ4n) is 3.05. The molecule has 0 radical (unpaired) electrons. The van der Waals surface area contributed by atoms with Crippen LogP contribution in [0.25, 0.3) is 21.9 Å². The standard InChI is InChI=1S/C20H21NO9/c1-26-16-10-13-15(11-17(16)27-2)30-18-9-12(8-14(22)19(18)20(13)23)28-6-4-3-5-7-29-21(24)25/h8-11,22H,3-7H2,1-2H3. The number of benzene rings is 2. The van der Waals surface area contributed by atoms with Crippen molar-refractivity contribution in [2.45, 2.75) is 19.3 Å². The second-order valence-electron chi connectivity index (χ2n) is 6.42. The number of rotatable bonds is 10. The highest BCUT2D eigenvalue weighted by molar-refractivity contribution is 5.94. The van der Waals surface area contributed by atoms with Crippen LogP contribution in [0.2, 0.25) is 0 Å². The number of phenolic OH excluding ortho intramolecular Hbond substituents is 1. The van der Waals surface area contributed by atoms with Crippen molar-refractivity contribution in [3.63, 3.8) is 0 Å². The van der Waals surface area contributed by atoms with Gasteiger partial charge in [-0.15, -0.1) is 10.1 Å². The Labute approximate surface area is 170 Å². The van der Waals surface area contributed by atoms with Crippen LogP contribution in [0.1, 0.15) is 19.3 Å². The number of nitrogens with zero attached hydrogens (tertiary/aromatic N) is 1. The van der Waals surface area contributed by atoms with Crippen molar-refractivity contribution in [3.05, 3.63) is 44.6 Å². The van der Waals surface area contributed by atoms with Crippen LogP contribution < -0.4 is 19.6 Å². The molecule has 10 heteroatoms. The minimum absolute atomic E-state index is 0.0379. The molecule has 3 aromatic rings. The summed E-state index contributed by atoms with van der Waals surface area (Å²) < 4.78 is 21.9. The van der Waals surface area contributed by atoms with Gasteiger partial charge in [0, 0.05) is 18.2 Å². The van der Waals surface area contributed by atoms with E-state index in [1.165, 1.54) is 32.4 Å². The number of fused-ring (bicyclic) bond motifs is 2. The van der Waals surface area contributed by atoms with Gasteiger partial charge in [-0.1, -0.05) is 0 Å². The van der Waals surface area contributed by atoms with Gasteiger partial charge in [0.25, 0.3) is 5.09 Å². The van der Waals surface area contributed by atoms with E-state index in [1.54, 1.807) is 6.07 Å². The van der Waals surface area contributed by atoms with Gasteiger partial charge in [-0.3, -0.25) is 4.79 Å². The monoisotopic (exact) mass is 419 g/mol. The van der Waals surface area contributed by atoms with E-state index in [2.05, 4.69) is 4.84 Å². The first-order chi connectivity index (χ1) is 14.4. The average Bonchev–Trinajstić information content (AvgIpc) is 2.71. The summed E-state index contributed by atoms with van der Waals surface area (Å²) in [5.74, 6) is 0.863. The molecule has 0 atom stereocenters. The predicted molar refractivity (Wildman–Crippen MR) is 107 cm³/mol. The molecule has 160 valence electrons. The lowest BCUT2D eigenvalue weighted by Gasteiger charge is -2.11. The van der Waals surface area contributed by atoms with Crippen molar-refractivity contribution in [1.82, 2.24) is 0 Å². The van der Waals surface area contributed by atoms with E-state index in [4.69, 9.17) is 18.6 Å². The van der Waals surface area contributed by atoms with E-state index >= 15 is 0 Å². The molecule has 1 heterocycles. The molecular formula is C20H21NO9. The molecule has 0 unspecified atom stereocenters. The van der Waals surface area contributed by atoms with Crippen molar-refractivity contribution >= 4 is 21.9 Å². The maximum atomic E-state index is 12.9. The second kappa shape index (κ2) is 9.21. The molecule has 10 nitrogen and oxygen atoms in total. The quantitative estimate of drug-likeness (QED) is 0.227. The summed E-state index contributed by atoms with van der Waals surface area (Å²) in [4.78, 5) is 27.2. The Morgan fingerprint density at radius 1 is 1.00 bits per heavy atom. The summed E-state index contributed by atoms with van der Waals surface area (Å²) in [6.07, 6.45) is 1.84. The number of hydrogen-bond donors (Lipinski definition) is 1. The molecule has 1 aromatic heterocycles. The Balaban J connectivity index is 1.81. The first kappa shape index (κ1) is 21.0. The van der Waals surface area contributed by atoms with E-state index in [-0.39, 0.29) is 34.3 Å². The zero-order valence-corrected chi connectivity index (χ0v) is 16.5. The molecule has 30 heavy (non-hydrogen) atoms. The maximum absolute atomic E-state index is 12.9. The van der Waals surface area contributed by atoms with E-state index in [0.717, 1.165) is 0 Å². The van der Waals surface area contributed by atoms with Gasteiger partial charge in [-0.05, 0) is 25.3 Å². The Hall–Kier alpha value is -3.69. The van der Waals surface area contributed by atoms with Crippen LogP contribution >= 0.6 is 0 Å². The van der Waals surface area contributed by atoms with Crippen LogP contribution in [0.3, 0.4) is 0 Å². The molecule has 0 aliphatic rings. The Kier molecular flexibility index (Phi) is 6.45. The van der Waals surface area contributed by atoms with E-state index in [1.807, 2.05) is 0 Å². The van der Waals surface area contributed by atoms with Crippen molar-refractivity contribution in [2.24, 2.45) is 0 Å². The number of aromatic hydroxyl groups is 1. The van der Waals surface area contributed by atoms with Crippen LogP contribution in [-0.2, 0) is 4.84 Å². The van der Waals surface area contributed by atoms with Gasteiger partial charge < -0.3 is 28.6 Å².